The molecule has 0 aromatic rings. The van der Waals surface area contributed by atoms with Gasteiger partial charge in [0.1, 0.15) is 0 Å². The SMILES string of the molecule is CC(Cl)C(Cl)OP(OC(Cl)C(C)Cl)OC(Cl)C(C)Cl. The highest BCUT2D eigenvalue weighted by atomic mass is 35.5. The fraction of sp³-hybridized carbons (Fsp3) is 1.00. The van der Waals surface area contributed by atoms with E-state index in [1.807, 2.05) is 0 Å². The van der Waals surface area contributed by atoms with Gasteiger partial charge in [-0.25, -0.2) is 0 Å². The summed E-state index contributed by atoms with van der Waals surface area (Å²) in [5.74, 6) is 0. The van der Waals surface area contributed by atoms with Gasteiger partial charge in [-0.05, 0) is 20.8 Å². The van der Waals surface area contributed by atoms with Gasteiger partial charge in [0.05, 0.1) is 16.1 Å². The maximum absolute atomic E-state index is 5.89. The molecule has 0 aromatic carbocycles. The van der Waals surface area contributed by atoms with Crippen molar-refractivity contribution in [2.75, 3.05) is 0 Å². The number of rotatable bonds is 9. The van der Waals surface area contributed by atoms with E-state index in [0.717, 1.165) is 0 Å². The minimum atomic E-state index is -1.93. The Hall–Kier alpha value is 2.05. The normalized spacial score (nSPS) is 23.2. The monoisotopic (exact) mass is 412 g/mol. The summed E-state index contributed by atoms with van der Waals surface area (Å²) in [4.78, 5) is 0. The third kappa shape index (κ3) is 9.63. The molecule has 0 bridgehead atoms. The maximum Gasteiger partial charge on any atom is 0.337 e. The van der Waals surface area contributed by atoms with Crippen molar-refractivity contribution in [3.63, 3.8) is 0 Å². The molecule has 0 saturated heterocycles. The van der Waals surface area contributed by atoms with E-state index in [2.05, 4.69) is 0 Å². The summed E-state index contributed by atoms with van der Waals surface area (Å²) in [7, 11) is -1.93. The van der Waals surface area contributed by atoms with Crippen LogP contribution in [0.25, 0.3) is 0 Å². The first-order valence-corrected chi connectivity index (χ1v) is 9.01. The molecule has 0 aliphatic rings. The molecule has 6 unspecified atom stereocenters. The Labute approximate surface area is 145 Å². The van der Waals surface area contributed by atoms with E-state index in [1.165, 1.54) is 0 Å². The van der Waals surface area contributed by atoms with Gasteiger partial charge in [0.15, 0.2) is 16.7 Å². The van der Waals surface area contributed by atoms with E-state index in [4.69, 9.17) is 83.2 Å². The first kappa shape index (κ1) is 21.0. The molecule has 0 spiro atoms. The van der Waals surface area contributed by atoms with Crippen LogP contribution in [0.15, 0.2) is 0 Å². The molecule has 3 nitrogen and oxygen atoms in total. The smallest absolute Gasteiger partial charge is 0.291 e. The molecule has 0 rings (SSSR count). The second-order valence-electron chi connectivity index (χ2n) is 3.63. The van der Waals surface area contributed by atoms with Crippen molar-refractivity contribution in [1.29, 1.82) is 0 Å². The van der Waals surface area contributed by atoms with Crippen LogP contribution in [-0.4, -0.2) is 32.8 Å². The van der Waals surface area contributed by atoms with Crippen LogP contribution in [-0.2, 0) is 13.6 Å². The summed E-state index contributed by atoms with van der Waals surface area (Å²) >= 11 is 35.0. The second kappa shape index (κ2) is 10.7. The molecule has 116 valence electrons. The zero-order valence-corrected chi connectivity index (χ0v) is 15.8. The Morgan fingerprint density at radius 3 is 0.947 bits per heavy atom. The van der Waals surface area contributed by atoms with E-state index < -0.39 is 41.4 Å². The summed E-state index contributed by atoms with van der Waals surface area (Å²) in [5, 5.41) is -1.37. The van der Waals surface area contributed by atoms with Gasteiger partial charge < -0.3 is 0 Å². The van der Waals surface area contributed by atoms with Crippen LogP contribution >= 0.6 is 78.2 Å². The largest absolute Gasteiger partial charge is 0.337 e. The quantitative estimate of drug-likeness (QED) is 0.350. The Kier molecular flexibility index (Phi) is 11.9. The van der Waals surface area contributed by atoms with Crippen LogP contribution in [0.1, 0.15) is 20.8 Å². The average Bonchev–Trinajstić information content (AvgIpc) is 2.27. The van der Waals surface area contributed by atoms with Crippen LogP contribution in [0.2, 0.25) is 0 Å². The lowest BCUT2D eigenvalue weighted by Crippen LogP contribution is -2.21. The highest BCUT2D eigenvalue weighted by molar-refractivity contribution is 7.42. The molecule has 6 atom stereocenters. The van der Waals surface area contributed by atoms with Crippen LogP contribution in [0.4, 0.5) is 0 Å². The van der Waals surface area contributed by atoms with Gasteiger partial charge in [0.25, 0.3) is 0 Å². The molecule has 0 saturated carbocycles. The number of alkyl halides is 6. The van der Waals surface area contributed by atoms with Gasteiger partial charge >= 0.3 is 8.60 Å². The fourth-order valence-corrected chi connectivity index (χ4v) is 2.72. The number of hydrogen-bond donors (Lipinski definition) is 0. The lowest BCUT2D eigenvalue weighted by atomic mass is 10.5. The molecule has 0 radical (unpaired) electrons. The molecule has 19 heavy (non-hydrogen) atoms. The van der Waals surface area contributed by atoms with Gasteiger partial charge in [0.2, 0.25) is 0 Å². The minimum absolute atomic E-state index is 0.455. The van der Waals surface area contributed by atoms with Gasteiger partial charge in [-0.3, -0.25) is 13.6 Å². The topological polar surface area (TPSA) is 27.7 Å². The van der Waals surface area contributed by atoms with Crippen LogP contribution in [0.5, 0.6) is 0 Å². The standard InChI is InChI=1S/C9H15Cl6O3P/c1-4(10)7(13)16-19(17-8(14)5(2)11)18-9(15)6(3)12/h4-9H,1-3H3. The Balaban J connectivity index is 4.54. The highest BCUT2D eigenvalue weighted by Gasteiger charge is 2.29. The van der Waals surface area contributed by atoms with Gasteiger partial charge in [-0.2, -0.15) is 0 Å². The van der Waals surface area contributed by atoms with Crippen molar-refractivity contribution in [3.05, 3.63) is 0 Å². The average molecular weight is 415 g/mol. The lowest BCUT2D eigenvalue weighted by Gasteiger charge is -2.25. The number of halogens is 6. The molecule has 10 heteroatoms. The summed E-state index contributed by atoms with van der Waals surface area (Å²) in [6.07, 6.45) is 0. The Morgan fingerprint density at radius 2 is 0.789 bits per heavy atom. The zero-order valence-electron chi connectivity index (χ0n) is 10.4. The maximum atomic E-state index is 5.89. The minimum Gasteiger partial charge on any atom is -0.291 e. The van der Waals surface area contributed by atoms with Crippen molar-refractivity contribution in [3.8, 4) is 0 Å². The fourth-order valence-electron chi connectivity index (χ4n) is 0.573. The van der Waals surface area contributed by atoms with E-state index in [1.54, 1.807) is 20.8 Å². The van der Waals surface area contributed by atoms with Crippen molar-refractivity contribution in [2.45, 2.75) is 53.6 Å². The molecule has 0 N–H and O–H groups in total. The predicted octanol–water partition coefficient (Wildman–Crippen LogP) is 5.84. The Morgan fingerprint density at radius 1 is 0.579 bits per heavy atom. The van der Waals surface area contributed by atoms with Crippen LogP contribution < -0.4 is 0 Å². The van der Waals surface area contributed by atoms with E-state index in [0.29, 0.717) is 0 Å². The van der Waals surface area contributed by atoms with Gasteiger partial charge in [0, 0.05) is 0 Å². The van der Waals surface area contributed by atoms with Gasteiger partial charge in [-0.15, -0.1) is 34.8 Å². The number of hydrogen-bond acceptors (Lipinski definition) is 3. The van der Waals surface area contributed by atoms with Crippen molar-refractivity contribution in [2.24, 2.45) is 0 Å². The van der Waals surface area contributed by atoms with E-state index >= 15 is 0 Å². The van der Waals surface area contributed by atoms with E-state index in [-0.39, 0.29) is 0 Å². The first-order valence-electron chi connectivity index (χ1n) is 5.30. The van der Waals surface area contributed by atoms with Crippen LogP contribution in [0.3, 0.4) is 0 Å². The molecule has 0 fully saturated rings. The molecule has 0 aliphatic carbocycles. The lowest BCUT2D eigenvalue weighted by molar-refractivity contribution is 0.127. The second-order valence-corrected chi connectivity index (χ2v) is 8.06. The molecule has 0 heterocycles. The highest BCUT2D eigenvalue weighted by Crippen LogP contribution is 2.47. The third-order valence-corrected chi connectivity index (χ3v) is 5.69. The van der Waals surface area contributed by atoms with Crippen molar-refractivity contribution in [1.82, 2.24) is 0 Å². The first-order chi connectivity index (χ1) is 8.65. The van der Waals surface area contributed by atoms with Crippen LogP contribution in [0, 0.1) is 0 Å². The molecular weight excluding hydrogens is 400 g/mol. The summed E-state index contributed by atoms with van der Waals surface area (Å²) in [6.45, 7) is 4.99. The summed E-state index contributed by atoms with van der Waals surface area (Å²) in [5.41, 5.74) is -2.47. The molecular formula is C9H15Cl6O3P. The zero-order chi connectivity index (χ0) is 15.2. The van der Waals surface area contributed by atoms with E-state index in [9.17, 15) is 0 Å². The molecule has 0 amide bonds. The van der Waals surface area contributed by atoms with Crippen molar-refractivity contribution >= 4 is 78.2 Å². The van der Waals surface area contributed by atoms with Gasteiger partial charge in [-0.1, -0.05) is 34.8 Å². The molecule has 0 aliphatic heterocycles. The predicted molar refractivity (Wildman–Crippen MR) is 85.0 cm³/mol. The summed E-state index contributed by atoms with van der Waals surface area (Å²) < 4.78 is 16.0. The van der Waals surface area contributed by atoms with Crippen molar-refractivity contribution < 1.29 is 13.6 Å². The third-order valence-electron chi connectivity index (χ3n) is 1.64. The summed E-state index contributed by atoms with van der Waals surface area (Å²) in [6, 6.07) is 0. The molecule has 0 aromatic heterocycles. The Bertz CT molecular complexity index is 208.